The Bertz CT molecular complexity index is 3580. The normalized spacial score (nSPS) is 13.4. The van der Waals surface area contributed by atoms with Crippen molar-refractivity contribution in [1.29, 1.82) is 0 Å². The molecule has 328 valence electrons. The summed E-state index contributed by atoms with van der Waals surface area (Å²) >= 11 is 0. The molecule has 0 amide bonds. The topological polar surface area (TPSA) is 24.6 Å². The average Bonchev–Trinajstić information content (AvgIpc) is 3.87. The van der Waals surface area contributed by atoms with Crippen LogP contribution in [0.3, 0.4) is 0 Å². The smallest absolute Gasteiger partial charge is 0.337 e. The van der Waals surface area contributed by atoms with Gasteiger partial charge in [0.05, 0.1) is 11.4 Å². The Labute approximate surface area is 395 Å². The van der Waals surface area contributed by atoms with Gasteiger partial charge in [0.2, 0.25) is 5.88 Å². The van der Waals surface area contributed by atoms with Crippen LogP contribution < -0.4 is 20.7 Å². The minimum absolute atomic E-state index is 0.0231. The predicted octanol–water partition coefficient (Wildman–Crippen LogP) is 16.0. The molecule has 2 aromatic heterocycles. The van der Waals surface area contributed by atoms with Gasteiger partial charge >= 0.3 is 6.85 Å². The molecule has 2 aliphatic rings. The van der Waals surface area contributed by atoms with Crippen LogP contribution in [-0.2, 0) is 16.2 Å². The SMILES string of the molecule is CC(C)(C)c1ccc(N2c3cc(C(C)(C)C)cc4c3B(c3c2oc2ccccc32)n2c3cccc(N(c5ccccc5)c5ccccc5-c5ccccc5)c3c3cc(C(C)(C)C)cc-4c32)cc1. The first kappa shape index (κ1) is 41.2. The first-order chi connectivity index (χ1) is 32.2. The molecule has 0 saturated carbocycles. The van der Waals surface area contributed by atoms with Crippen molar-refractivity contribution in [3.8, 4) is 22.3 Å². The van der Waals surface area contributed by atoms with Crippen LogP contribution in [0.1, 0.15) is 79.0 Å². The molecule has 0 fully saturated rings. The Balaban J connectivity index is 1.24. The summed E-state index contributed by atoms with van der Waals surface area (Å²) in [6.07, 6.45) is 0. The highest BCUT2D eigenvalue weighted by Gasteiger charge is 2.47. The number of anilines is 6. The molecule has 5 heteroatoms. The van der Waals surface area contributed by atoms with Crippen molar-refractivity contribution >= 4 is 84.9 Å². The number of para-hydroxylation sites is 3. The minimum atomic E-state index is -0.173. The standard InChI is InChI=1S/C62H56BN3O/c1-60(2,3)40-31-33-44(34-32-40)65-53-38-42(62(7,8)9)35-47-48-36-41(61(4,5)6)37-49-55-51(64(43-23-14-11-15-24-43)50-27-18-16-25-45(50)39-21-12-10-13-22-39)28-20-29-52(55)66(58(48)49)63(56(47)53)57-46-26-17-19-30-54(46)67-59(57)65/h10-38H,1-9H3. The van der Waals surface area contributed by atoms with E-state index in [1.807, 2.05) is 0 Å². The van der Waals surface area contributed by atoms with E-state index in [2.05, 4.69) is 253 Å². The summed E-state index contributed by atoms with van der Waals surface area (Å²) in [5.41, 5.74) is 20.1. The molecule has 0 saturated heterocycles. The Morgan fingerprint density at radius 3 is 1.81 bits per heavy atom. The molecule has 8 aromatic carbocycles. The number of hydrogen-bond acceptors (Lipinski definition) is 3. The molecule has 67 heavy (non-hydrogen) atoms. The fourth-order valence-corrected chi connectivity index (χ4v) is 10.9. The second-order valence-corrected chi connectivity index (χ2v) is 21.8. The molecule has 0 atom stereocenters. The molecule has 4 nitrogen and oxygen atoms in total. The molecule has 4 heterocycles. The van der Waals surface area contributed by atoms with Gasteiger partial charge in [0.1, 0.15) is 5.58 Å². The van der Waals surface area contributed by atoms with E-state index in [9.17, 15) is 0 Å². The van der Waals surface area contributed by atoms with Gasteiger partial charge in [-0.05, 0) is 116 Å². The van der Waals surface area contributed by atoms with Gasteiger partial charge < -0.3 is 13.8 Å². The second kappa shape index (κ2) is 14.6. The van der Waals surface area contributed by atoms with E-state index < -0.39 is 0 Å². The molecule has 12 rings (SSSR count). The minimum Gasteiger partial charge on any atom is -0.440 e. The van der Waals surface area contributed by atoms with Crippen molar-refractivity contribution in [1.82, 2.24) is 4.48 Å². The first-order valence-electron chi connectivity index (χ1n) is 23.9. The second-order valence-electron chi connectivity index (χ2n) is 21.8. The van der Waals surface area contributed by atoms with Crippen molar-refractivity contribution in [3.05, 3.63) is 193 Å². The zero-order valence-corrected chi connectivity index (χ0v) is 40.1. The summed E-state index contributed by atoms with van der Waals surface area (Å²) in [6.45, 7) is 20.8. The van der Waals surface area contributed by atoms with E-state index >= 15 is 0 Å². The van der Waals surface area contributed by atoms with Crippen LogP contribution in [-0.4, -0.2) is 11.3 Å². The molecule has 0 aliphatic carbocycles. The van der Waals surface area contributed by atoms with Gasteiger partial charge in [-0.25, -0.2) is 0 Å². The predicted molar refractivity (Wildman–Crippen MR) is 286 cm³/mol. The summed E-state index contributed by atoms with van der Waals surface area (Å²) < 4.78 is 9.89. The number of furan rings is 1. The van der Waals surface area contributed by atoms with Crippen LogP contribution in [0.5, 0.6) is 0 Å². The molecule has 0 radical (unpaired) electrons. The largest absolute Gasteiger partial charge is 0.440 e. The molecule has 2 aliphatic heterocycles. The van der Waals surface area contributed by atoms with E-state index in [4.69, 9.17) is 4.42 Å². The van der Waals surface area contributed by atoms with Crippen LogP contribution in [0.4, 0.5) is 34.3 Å². The van der Waals surface area contributed by atoms with E-state index in [1.165, 1.54) is 77.4 Å². The summed E-state index contributed by atoms with van der Waals surface area (Å²) in [5, 5.41) is 3.63. The molecule has 10 aromatic rings. The Morgan fingerprint density at radius 1 is 0.478 bits per heavy atom. The zero-order valence-electron chi connectivity index (χ0n) is 40.1. The lowest BCUT2D eigenvalue weighted by Gasteiger charge is -2.39. The van der Waals surface area contributed by atoms with E-state index in [1.54, 1.807) is 0 Å². The van der Waals surface area contributed by atoms with E-state index in [0.29, 0.717) is 0 Å². The number of aromatic nitrogens is 1. The fourth-order valence-electron chi connectivity index (χ4n) is 10.9. The molecule has 0 spiro atoms. The van der Waals surface area contributed by atoms with Crippen molar-refractivity contribution in [2.24, 2.45) is 0 Å². The highest BCUT2D eigenvalue weighted by molar-refractivity contribution is 6.91. The lowest BCUT2D eigenvalue weighted by atomic mass is 9.45. The van der Waals surface area contributed by atoms with Gasteiger partial charge in [0.25, 0.3) is 0 Å². The van der Waals surface area contributed by atoms with Crippen molar-refractivity contribution in [3.63, 3.8) is 0 Å². The third kappa shape index (κ3) is 6.34. The third-order valence-corrected chi connectivity index (χ3v) is 14.4. The maximum absolute atomic E-state index is 7.21. The molecule has 0 N–H and O–H groups in total. The zero-order chi connectivity index (χ0) is 46.1. The number of rotatable bonds is 5. The first-order valence-corrected chi connectivity index (χ1v) is 23.9. The highest BCUT2D eigenvalue weighted by atomic mass is 16.4. The number of nitrogens with zero attached hydrogens (tertiary/aromatic N) is 3. The lowest BCUT2D eigenvalue weighted by Crippen LogP contribution is -2.56. The summed E-state index contributed by atoms with van der Waals surface area (Å²) in [4.78, 5) is 4.92. The number of fused-ring (bicyclic) bond motifs is 9. The van der Waals surface area contributed by atoms with Gasteiger partial charge in [-0.2, -0.15) is 0 Å². The maximum Gasteiger partial charge on any atom is 0.337 e. The van der Waals surface area contributed by atoms with Gasteiger partial charge in [0.15, 0.2) is 0 Å². The Morgan fingerprint density at radius 2 is 1.09 bits per heavy atom. The van der Waals surface area contributed by atoms with Crippen molar-refractivity contribution in [2.75, 3.05) is 9.80 Å². The van der Waals surface area contributed by atoms with Gasteiger partial charge in [-0.15, -0.1) is 0 Å². The number of hydrogen-bond donors (Lipinski definition) is 0. The van der Waals surface area contributed by atoms with Gasteiger partial charge in [0, 0.05) is 60.8 Å². The van der Waals surface area contributed by atoms with Crippen LogP contribution in [0.2, 0.25) is 0 Å². The fraction of sp³-hybridized carbons (Fsp3) is 0.194. The Kier molecular flexibility index (Phi) is 9.00. The van der Waals surface area contributed by atoms with Crippen LogP contribution in [0.25, 0.3) is 55.0 Å². The quantitative estimate of drug-likeness (QED) is 0.161. The highest BCUT2D eigenvalue weighted by Crippen LogP contribution is 2.52. The molecule has 0 bridgehead atoms. The van der Waals surface area contributed by atoms with Crippen molar-refractivity contribution in [2.45, 2.75) is 78.6 Å². The summed E-state index contributed by atoms with van der Waals surface area (Å²) in [6, 6.07) is 65.4. The van der Waals surface area contributed by atoms with Crippen LogP contribution >= 0.6 is 0 Å². The monoisotopic (exact) mass is 869 g/mol. The van der Waals surface area contributed by atoms with E-state index in [-0.39, 0.29) is 23.1 Å². The summed E-state index contributed by atoms with van der Waals surface area (Å²) in [7, 11) is 0. The van der Waals surface area contributed by atoms with E-state index in [0.717, 1.165) is 39.6 Å². The van der Waals surface area contributed by atoms with Crippen molar-refractivity contribution < 1.29 is 4.42 Å². The number of benzene rings is 8. The average molecular weight is 870 g/mol. The Hall–Kier alpha value is -7.24. The summed E-state index contributed by atoms with van der Waals surface area (Å²) in [5.74, 6) is 0.878. The van der Waals surface area contributed by atoms with Crippen LogP contribution in [0, 0.1) is 0 Å². The molecular formula is C62H56BN3O. The van der Waals surface area contributed by atoms with Gasteiger partial charge in [-0.1, -0.05) is 172 Å². The lowest BCUT2D eigenvalue weighted by molar-refractivity contribution is 0.589. The third-order valence-electron chi connectivity index (χ3n) is 14.4. The maximum atomic E-state index is 7.21. The van der Waals surface area contributed by atoms with Gasteiger partial charge in [-0.3, -0.25) is 4.90 Å². The molecular weight excluding hydrogens is 814 g/mol. The van der Waals surface area contributed by atoms with Crippen LogP contribution in [0.15, 0.2) is 180 Å². The molecule has 0 unspecified atom stereocenters.